The molecule has 2 aliphatic carbocycles. The second-order valence-electron chi connectivity index (χ2n) is 7.60. The molecule has 0 aromatic carbocycles. The van der Waals surface area contributed by atoms with Crippen molar-refractivity contribution >= 4 is 5.91 Å². The predicted molar refractivity (Wildman–Crippen MR) is 97.3 cm³/mol. The fraction of sp³-hybridized carbons (Fsp3) is 0.579. The minimum Gasteiger partial charge on any atom is -0.349 e. The molecule has 0 atom stereocenters. The van der Waals surface area contributed by atoms with Crippen molar-refractivity contribution < 1.29 is 4.79 Å². The van der Waals surface area contributed by atoms with Crippen molar-refractivity contribution in [3.63, 3.8) is 0 Å². The molecule has 7 heteroatoms. The van der Waals surface area contributed by atoms with Gasteiger partial charge in [-0.15, -0.1) is 0 Å². The standard InChI is InChI=1S/C19H25N5O2/c1-11-18(12(2)22-21-11)19(26)20-14-5-7-15(8-6-14)24-17(25)10-9-16(23-24)13-3-4-13/h9-10,13-15H,3-8H2,1-2H3,(H,20,26)(H,21,22). The molecule has 2 fully saturated rings. The Balaban J connectivity index is 1.39. The molecule has 2 aromatic heterocycles. The number of H-pyrrole nitrogens is 1. The molecule has 2 saturated carbocycles. The number of aromatic nitrogens is 4. The highest BCUT2D eigenvalue weighted by molar-refractivity contribution is 5.96. The van der Waals surface area contributed by atoms with Crippen LogP contribution in [0.1, 0.15) is 77.9 Å². The quantitative estimate of drug-likeness (QED) is 0.881. The van der Waals surface area contributed by atoms with Gasteiger partial charge in [-0.25, -0.2) is 4.68 Å². The lowest BCUT2D eigenvalue weighted by molar-refractivity contribution is 0.0920. The zero-order chi connectivity index (χ0) is 18.3. The first kappa shape index (κ1) is 17.0. The topological polar surface area (TPSA) is 92.7 Å². The van der Waals surface area contributed by atoms with Gasteiger partial charge in [0.25, 0.3) is 11.5 Å². The van der Waals surface area contributed by atoms with Crippen molar-refractivity contribution in [3.8, 4) is 0 Å². The molecule has 0 bridgehead atoms. The fourth-order valence-corrected chi connectivity index (χ4v) is 3.91. The van der Waals surface area contributed by atoms with Crippen molar-refractivity contribution in [1.82, 2.24) is 25.3 Å². The molecule has 4 rings (SSSR count). The van der Waals surface area contributed by atoms with E-state index in [4.69, 9.17) is 0 Å². The lowest BCUT2D eigenvalue weighted by Crippen LogP contribution is -2.40. The summed E-state index contributed by atoms with van der Waals surface area (Å²) in [5, 5.41) is 14.7. The van der Waals surface area contributed by atoms with Gasteiger partial charge in [-0.1, -0.05) is 0 Å². The van der Waals surface area contributed by atoms with E-state index in [2.05, 4.69) is 20.6 Å². The molecule has 26 heavy (non-hydrogen) atoms. The maximum absolute atomic E-state index is 12.5. The third kappa shape index (κ3) is 3.30. The third-order valence-corrected chi connectivity index (χ3v) is 5.57. The first-order valence-electron chi connectivity index (χ1n) is 9.45. The number of amides is 1. The molecule has 2 heterocycles. The summed E-state index contributed by atoms with van der Waals surface area (Å²) in [7, 11) is 0. The molecule has 0 unspecified atom stereocenters. The van der Waals surface area contributed by atoms with E-state index in [0.717, 1.165) is 42.8 Å². The SMILES string of the molecule is Cc1n[nH]c(C)c1C(=O)NC1CCC(n2nc(C3CC3)ccc2=O)CC1. The maximum Gasteiger partial charge on any atom is 0.267 e. The van der Waals surface area contributed by atoms with Gasteiger partial charge in [0, 0.05) is 23.7 Å². The van der Waals surface area contributed by atoms with Crippen LogP contribution in [0.2, 0.25) is 0 Å². The van der Waals surface area contributed by atoms with Crippen LogP contribution in [0.4, 0.5) is 0 Å². The number of nitrogens with one attached hydrogen (secondary N) is 2. The number of rotatable bonds is 4. The largest absolute Gasteiger partial charge is 0.349 e. The Hall–Kier alpha value is -2.44. The Bertz CT molecular complexity index is 853. The van der Waals surface area contributed by atoms with Crippen LogP contribution < -0.4 is 10.9 Å². The number of nitrogens with zero attached hydrogens (tertiary/aromatic N) is 3. The number of hydrogen-bond donors (Lipinski definition) is 2. The summed E-state index contributed by atoms with van der Waals surface area (Å²) in [5.74, 6) is 0.474. The first-order chi connectivity index (χ1) is 12.5. The molecule has 0 radical (unpaired) electrons. The molecule has 138 valence electrons. The van der Waals surface area contributed by atoms with Crippen molar-refractivity contribution in [2.75, 3.05) is 0 Å². The lowest BCUT2D eigenvalue weighted by Gasteiger charge is -2.29. The predicted octanol–water partition coefficient (Wildman–Crippen LogP) is 2.37. The van der Waals surface area contributed by atoms with Crippen molar-refractivity contribution in [3.05, 3.63) is 45.1 Å². The Kier molecular flexibility index (Phi) is 4.38. The van der Waals surface area contributed by atoms with Crippen LogP contribution in [0, 0.1) is 13.8 Å². The van der Waals surface area contributed by atoms with Crippen LogP contribution >= 0.6 is 0 Å². The van der Waals surface area contributed by atoms with Gasteiger partial charge in [-0.05, 0) is 58.4 Å². The van der Waals surface area contributed by atoms with E-state index in [1.807, 2.05) is 19.9 Å². The monoisotopic (exact) mass is 355 g/mol. The minimum atomic E-state index is -0.0665. The van der Waals surface area contributed by atoms with Gasteiger partial charge in [-0.2, -0.15) is 10.2 Å². The molecule has 1 amide bonds. The zero-order valence-electron chi connectivity index (χ0n) is 15.3. The molecular formula is C19H25N5O2. The van der Waals surface area contributed by atoms with Crippen LogP contribution in [-0.4, -0.2) is 31.9 Å². The normalized spacial score (nSPS) is 23.0. The average Bonchev–Trinajstić information content (AvgIpc) is 3.41. The molecule has 2 aliphatic rings. The van der Waals surface area contributed by atoms with Crippen molar-refractivity contribution in [2.45, 2.75) is 70.4 Å². The van der Waals surface area contributed by atoms with Crippen molar-refractivity contribution in [1.29, 1.82) is 0 Å². The summed E-state index contributed by atoms with van der Waals surface area (Å²) in [6.45, 7) is 3.69. The summed E-state index contributed by atoms with van der Waals surface area (Å²) in [6.07, 6.45) is 5.78. The van der Waals surface area contributed by atoms with Crippen LogP contribution in [0.15, 0.2) is 16.9 Å². The number of carbonyl (C=O) groups excluding carboxylic acids is 1. The zero-order valence-corrected chi connectivity index (χ0v) is 15.3. The van der Waals surface area contributed by atoms with E-state index < -0.39 is 0 Å². The number of hydrogen-bond acceptors (Lipinski definition) is 4. The van der Waals surface area contributed by atoms with Crippen LogP contribution in [0.25, 0.3) is 0 Å². The maximum atomic E-state index is 12.5. The molecular weight excluding hydrogens is 330 g/mol. The van der Waals surface area contributed by atoms with Gasteiger partial charge >= 0.3 is 0 Å². The molecule has 7 nitrogen and oxygen atoms in total. The summed E-state index contributed by atoms with van der Waals surface area (Å²) >= 11 is 0. The van der Waals surface area contributed by atoms with E-state index in [0.29, 0.717) is 11.5 Å². The van der Waals surface area contributed by atoms with E-state index in [9.17, 15) is 9.59 Å². The first-order valence-corrected chi connectivity index (χ1v) is 9.45. The van der Waals surface area contributed by atoms with Gasteiger partial charge in [0.2, 0.25) is 0 Å². The molecule has 0 saturated heterocycles. The minimum absolute atomic E-state index is 0.0217. The van der Waals surface area contributed by atoms with E-state index >= 15 is 0 Å². The van der Waals surface area contributed by atoms with Gasteiger partial charge in [0.15, 0.2) is 0 Å². The van der Waals surface area contributed by atoms with Crippen molar-refractivity contribution in [2.24, 2.45) is 0 Å². The van der Waals surface area contributed by atoms with E-state index in [1.165, 1.54) is 12.8 Å². The average molecular weight is 355 g/mol. The molecule has 0 aliphatic heterocycles. The smallest absolute Gasteiger partial charge is 0.267 e. The van der Waals surface area contributed by atoms with Gasteiger partial charge in [-0.3, -0.25) is 14.7 Å². The molecule has 2 aromatic rings. The highest BCUT2D eigenvalue weighted by atomic mass is 16.2. The number of aryl methyl sites for hydroxylation is 2. The van der Waals surface area contributed by atoms with Gasteiger partial charge in [0.1, 0.15) is 0 Å². The Labute approximate surface area is 152 Å². The molecule has 2 N–H and O–H groups in total. The Morgan fingerprint density at radius 1 is 1.15 bits per heavy atom. The van der Waals surface area contributed by atoms with Gasteiger partial charge < -0.3 is 5.32 Å². The molecule has 0 spiro atoms. The fourth-order valence-electron chi connectivity index (χ4n) is 3.91. The van der Waals surface area contributed by atoms with Crippen LogP contribution in [0.3, 0.4) is 0 Å². The van der Waals surface area contributed by atoms with Crippen LogP contribution in [-0.2, 0) is 0 Å². The lowest BCUT2D eigenvalue weighted by atomic mass is 9.91. The van der Waals surface area contributed by atoms with E-state index in [1.54, 1.807) is 10.7 Å². The third-order valence-electron chi connectivity index (χ3n) is 5.57. The second-order valence-corrected chi connectivity index (χ2v) is 7.60. The Morgan fingerprint density at radius 3 is 2.50 bits per heavy atom. The number of carbonyl (C=O) groups is 1. The summed E-state index contributed by atoms with van der Waals surface area (Å²) < 4.78 is 1.68. The second kappa shape index (κ2) is 6.70. The summed E-state index contributed by atoms with van der Waals surface area (Å²) in [5.41, 5.74) is 3.18. The van der Waals surface area contributed by atoms with Gasteiger partial charge in [0.05, 0.1) is 23.0 Å². The summed E-state index contributed by atoms with van der Waals surface area (Å²) in [4.78, 5) is 24.7. The Morgan fingerprint density at radius 2 is 1.88 bits per heavy atom. The number of aromatic amines is 1. The van der Waals surface area contributed by atoms with E-state index in [-0.39, 0.29) is 23.6 Å². The van der Waals surface area contributed by atoms with Crippen LogP contribution in [0.5, 0.6) is 0 Å². The summed E-state index contributed by atoms with van der Waals surface area (Å²) in [6, 6.07) is 3.79. The highest BCUT2D eigenvalue weighted by Crippen LogP contribution is 2.38. The highest BCUT2D eigenvalue weighted by Gasteiger charge is 2.29.